The summed E-state index contributed by atoms with van der Waals surface area (Å²) < 4.78 is 11.2. The molecule has 0 amide bonds. The molecule has 7 heteroatoms. The number of furan rings is 1. The third-order valence-corrected chi connectivity index (χ3v) is 4.79. The first-order valence-corrected chi connectivity index (χ1v) is 9.61. The van der Waals surface area contributed by atoms with Gasteiger partial charge < -0.3 is 14.3 Å². The zero-order chi connectivity index (χ0) is 21.4. The van der Waals surface area contributed by atoms with Crippen molar-refractivity contribution in [1.29, 1.82) is 0 Å². The highest BCUT2D eigenvalue weighted by atomic mass is 16.5. The molecule has 0 aliphatic rings. The Labute approximate surface area is 173 Å². The van der Waals surface area contributed by atoms with E-state index in [0.717, 1.165) is 11.4 Å². The third-order valence-electron chi connectivity index (χ3n) is 4.79. The summed E-state index contributed by atoms with van der Waals surface area (Å²) in [5.41, 5.74) is 2.69. The number of hydrogen-bond donors (Lipinski definition) is 1. The quantitative estimate of drug-likeness (QED) is 0.383. The van der Waals surface area contributed by atoms with Gasteiger partial charge in [-0.3, -0.25) is 0 Å². The van der Waals surface area contributed by atoms with Crippen LogP contribution in [-0.4, -0.2) is 33.9 Å². The van der Waals surface area contributed by atoms with Crippen molar-refractivity contribution in [2.75, 3.05) is 6.61 Å². The number of aromatic hydroxyl groups is 1. The molecule has 4 aromatic rings. The Kier molecular flexibility index (Phi) is 4.95. The van der Waals surface area contributed by atoms with Crippen LogP contribution < -0.4 is 0 Å². The van der Waals surface area contributed by atoms with E-state index in [-0.39, 0.29) is 23.9 Å². The van der Waals surface area contributed by atoms with Gasteiger partial charge in [0.2, 0.25) is 5.95 Å². The summed E-state index contributed by atoms with van der Waals surface area (Å²) in [6, 6.07) is 9.15. The van der Waals surface area contributed by atoms with Crippen molar-refractivity contribution in [3.05, 3.63) is 58.6 Å². The molecule has 0 bridgehead atoms. The van der Waals surface area contributed by atoms with Gasteiger partial charge in [-0.1, -0.05) is 24.3 Å². The highest BCUT2D eigenvalue weighted by Crippen LogP contribution is 2.40. The average molecular weight is 403 g/mol. The summed E-state index contributed by atoms with van der Waals surface area (Å²) in [7, 11) is 0. The van der Waals surface area contributed by atoms with E-state index in [1.54, 1.807) is 19.9 Å². The molecule has 2 aromatic carbocycles. The maximum Gasteiger partial charge on any atom is 0.342 e. The number of carbonyl (C=O) groups is 1. The van der Waals surface area contributed by atoms with Gasteiger partial charge in [0, 0.05) is 39.3 Å². The summed E-state index contributed by atoms with van der Waals surface area (Å²) in [4.78, 5) is 25.7. The highest BCUT2D eigenvalue weighted by Gasteiger charge is 2.26. The second-order valence-electron chi connectivity index (χ2n) is 6.97. The molecular weight excluding hydrogens is 382 g/mol. The van der Waals surface area contributed by atoms with E-state index in [1.165, 1.54) is 6.21 Å². The van der Waals surface area contributed by atoms with Gasteiger partial charge in [0.15, 0.2) is 0 Å². The van der Waals surface area contributed by atoms with E-state index < -0.39 is 5.97 Å². The summed E-state index contributed by atoms with van der Waals surface area (Å²) in [6.45, 7) is 7.38. The summed E-state index contributed by atoms with van der Waals surface area (Å²) >= 11 is 0. The molecule has 0 aliphatic carbocycles. The topological polar surface area (TPSA) is 97.8 Å². The standard InChI is InChI=1S/C23H21N3O4/c1-5-29-22(28)18-14(4)30-21-16-9-7-6-8-15(16)20(27)17(19(18)21)11-24-23-25-12(2)10-13(3)26-23/h6-11,27H,5H2,1-4H3. The molecule has 1 N–H and O–H groups in total. The second kappa shape index (κ2) is 7.59. The number of nitrogens with zero attached hydrogens (tertiary/aromatic N) is 3. The first-order valence-electron chi connectivity index (χ1n) is 9.61. The fourth-order valence-electron chi connectivity index (χ4n) is 3.60. The van der Waals surface area contributed by atoms with E-state index in [9.17, 15) is 9.90 Å². The zero-order valence-electron chi connectivity index (χ0n) is 17.2. The van der Waals surface area contributed by atoms with Crippen LogP contribution in [0.15, 0.2) is 39.7 Å². The lowest BCUT2D eigenvalue weighted by Crippen LogP contribution is -2.06. The molecule has 2 aromatic heterocycles. The zero-order valence-corrected chi connectivity index (χ0v) is 17.2. The molecule has 0 saturated carbocycles. The largest absolute Gasteiger partial charge is 0.507 e. The molecule has 0 radical (unpaired) electrons. The Bertz CT molecular complexity index is 1300. The Morgan fingerprint density at radius 2 is 1.83 bits per heavy atom. The van der Waals surface area contributed by atoms with Crippen LogP contribution in [0, 0.1) is 20.8 Å². The monoisotopic (exact) mass is 403 g/mol. The van der Waals surface area contributed by atoms with E-state index in [2.05, 4.69) is 15.0 Å². The van der Waals surface area contributed by atoms with Crippen LogP contribution in [0.2, 0.25) is 0 Å². The highest BCUT2D eigenvalue weighted by molar-refractivity contribution is 6.21. The predicted octanol–water partition coefficient (Wildman–Crippen LogP) is 4.93. The van der Waals surface area contributed by atoms with Crippen molar-refractivity contribution in [1.82, 2.24) is 9.97 Å². The third kappa shape index (κ3) is 3.28. The van der Waals surface area contributed by atoms with E-state index in [0.29, 0.717) is 33.1 Å². The fraction of sp³-hybridized carbons (Fsp3) is 0.217. The average Bonchev–Trinajstić information content (AvgIpc) is 3.04. The fourth-order valence-corrected chi connectivity index (χ4v) is 3.60. The van der Waals surface area contributed by atoms with Crippen molar-refractivity contribution >= 4 is 39.9 Å². The molecular formula is C23H21N3O4. The van der Waals surface area contributed by atoms with Gasteiger partial charge in [-0.2, -0.15) is 0 Å². The molecule has 30 heavy (non-hydrogen) atoms. The maximum atomic E-state index is 12.7. The van der Waals surface area contributed by atoms with Crippen LogP contribution in [0.1, 0.15) is 40.0 Å². The van der Waals surface area contributed by atoms with E-state index >= 15 is 0 Å². The number of carbonyl (C=O) groups excluding carboxylic acids is 1. The number of phenolic OH excluding ortho intramolecular Hbond substituents is 1. The number of benzene rings is 2. The molecule has 0 atom stereocenters. The molecule has 152 valence electrons. The number of aryl methyl sites for hydroxylation is 3. The Morgan fingerprint density at radius 3 is 2.50 bits per heavy atom. The molecule has 0 spiro atoms. The Balaban J connectivity index is 2.04. The van der Waals surface area contributed by atoms with Crippen LogP contribution in [0.4, 0.5) is 5.95 Å². The summed E-state index contributed by atoms with van der Waals surface area (Å²) in [5.74, 6) is 0.168. The first-order chi connectivity index (χ1) is 14.4. The Hall–Kier alpha value is -3.74. The van der Waals surface area contributed by atoms with E-state index in [4.69, 9.17) is 9.15 Å². The lowest BCUT2D eigenvalue weighted by Gasteiger charge is -2.08. The number of aliphatic imine (C=N–C) groups is 1. The van der Waals surface area contributed by atoms with Crippen LogP contribution in [-0.2, 0) is 4.74 Å². The van der Waals surface area contributed by atoms with Gasteiger partial charge in [-0.15, -0.1) is 0 Å². The van der Waals surface area contributed by atoms with Crippen LogP contribution in [0.3, 0.4) is 0 Å². The molecule has 0 unspecified atom stereocenters. The minimum absolute atomic E-state index is 0.00225. The smallest absolute Gasteiger partial charge is 0.342 e. The number of fused-ring (bicyclic) bond motifs is 3. The van der Waals surface area contributed by atoms with Crippen LogP contribution in [0.25, 0.3) is 21.7 Å². The van der Waals surface area contributed by atoms with Crippen LogP contribution in [0.5, 0.6) is 5.75 Å². The molecule has 0 fully saturated rings. The molecule has 0 aliphatic heterocycles. The van der Waals surface area contributed by atoms with Crippen molar-refractivity contribution in [3.63, 3.8) is 0 Å². The van der Waals surface area contributed by atoms with Crippen molar-refractivity contribution in [2.24, 2.45) is 4.99 Å². The van der Waals surface area contributed by atoms with Gasteiger partial charge in [0.25, 0.3) is 0 Å². The summed E-state index contributed by atoms with van der Waals surface area (Å²) in [5, 5.41) is 12.8. The molecule has 2 heterocycles. The molecule has 0 saturated heterocycles. The minimum Gasteiger partial charge on any atom is -0.507 e. The van der Waals surface area contributed by atoms with Gasteiger partial charge in [-0.25, -0.2) is 19.8 Å². The van der Waals surface area contributed by atoms with Gasteiger partial charge in [0.1, 0.15) is 22.7 Å². The summed E-state index contributed by atoms with van der Waals surface area (Å²) in [6.07, 6.45) is 1.47. The van der Waals surface area contributed by atoms with Crippen molar-refractivity contribution in [2.45, 2.75) is 27.7 Å². The first kappa shape index (κ1) is 19.6. The van der Waals surface area contributed by atoms with Crippen molar-refractivity contribution < 1.29 is 19.1 Å². The van der Waals surface area contributed by atoms with Gasteiger partial charge >= 0.3 is 5.97 Å². The van der Waals surface area contributed by atoms with Crippen molar-refractivity contribution in [3.8, 4) is 5.75 Å². The lowest BCUT2D eigenvalue weighted by molar-refractivity contribution is 0.0526. The Morgan fingerprint density at radius 1 is 1.17 bits per heavy atom. The molecule has 7 nitrogen and oxygen atoms in total. The van der Waals surface area contributed by atoms with Gasteiger partial charge in [0.05, 0.1) is 6.61 Å². The maximum absolute atomic E-state index is 12.7. The molecule has 4 rings (SSSR count). The number of ether oxygens (including phenoxy) is 1. The lowest BCUT2D eigenvalue weighted by atomic mass is 9.98. The van der Waals surface area contributed by atoms with E-state index in [1.807, 2.05) is 38.1 Å². The van der Waals surface area contributed by atoms with Gasteiger partial charge in [-0.05, 0) is 33.8 Å². The number of rotatable bonds is 4. The minimum atomic E-state index is -0.513. The SMILES string of the molecule is CCOC(=O)c1c(C)oc2c1c(C=Nc1nc(C)cc(C)n1)c(O)c1ccccc12. The van der Waals surface area contributed by atoms with Crippen LogP contribution >= 0.6 is 0 Å². The number of aromatic nitrogens is 2. The number of phenols is 1. The number of esters is 1. The normalized spacial score (nSPS) is 11.6. The second-order valence-corrected chi connectivity index (χ2v) is 6.97. The number of hydrogen-bond acceptors (Lipinski definition) is 7. The predicted molar refractivity (Wildman–Crippen MR) is 115 cm³/mol.